The van der Waals surface area contributed by atoms with Gasteiger partial charge in [0.1, 0.15) is 24.3 Å². The first kappa shape index (κ1) is 63.0. The van der Waals surface area contributed by atoms with Crippen molar-refractivity contribution >= 4 is 34.0 Å². The van der Waals surface area contributed by atoms with Crippen LogP contribution in [0.15, 0.2) is 36.9 Å². The minimum Gasteiger partial charge on any atom is -0.493 e. The molecule has 6 rings (SSSR count). The molecule has 18 nitrogen and oxygen atoms in total. The van der Waals surface area contributed by atoms with Gasteiger partial charge in [0.15, 0.2) is 57.0 Å². The van der Waals surface area contributed by atoms with Crippen molar-refractivity contribution in [2.45, 2.75) is 213 Å². The number of hydrogen-bond donors (Lipinski definition) is 4. The van der Waals surface area contributed by atoms with Crippen molar-refractivity contribution in [3.63, 3.8) is 0 Å². The molecule has 0 saturated heterocycles. The van der Waals surface area contributed by atoms with Crippen molar-refractivity contribution in [1.82, 2.24) is 49.7 Å². The van der Waals surface area contributed by atoms with Gasteiger partial charge in [0.2, 0.25) is 11.5 Å². The maximum absolute atomic E-state index is 6.35. The maximum Gasteiger partial charge on any atom is 0.203 e. The molecule has 3 unspecified atom stereocenters. The molecule has 18 heteroatoms. The number of fused-ring (bicyclic) bond motifs is 2. The molecule has 6 N–H and O–H groups in total. The second-order valence-electron chi connectivity index (χ2n) is 21.8. The van der Waals surface area contributed by atoms with Gasteiger partial charge in [0.25, 0.3) is 0 Å². The van der Waals surface area contributed by atoms with E-state index in [1.165, 1.54) is 109 Å². The summed E-state index contributed by atoms with van der Waals surface area (Å²) in [5.74, 6) is 6.02. The van der Waals surface area contributed by atoms with Gasteiger partial charge in [-0.05, 0) is 101 Å². The molecule has 4 heterocycles. The number of aromatic nitrogens is 8. The van der Waals surface area contributed by atoms with Gasteiger partial charge in [0, 0.05) is 44.1 Å². The van der Waals surface area contributed by atoms with Crippen molar-refractivity contribution in [3.05, 3.63) is 59.7 Å². The van der Waals surface area contributed by atoms with Gasteiger partial charge < -0.3 is 59.7 Å². The number of nitrogens with zero attached hydrogens (tertiary/aromatic N) is 8. The Morgan fingerprint density at radius 1 is 0.463 bits per heavy atom. The number of hydrogen-bond acceptors (Lipinski definition) is 16. The average Bonchev–Trinajstić information content (AvgIpc) is 4.11. The number of anilines is 2. The van der Waals surface area contributed by atoms with Crippen LogP contribution >= 0.6 is 0 Å². The predicted molar refractivity (Wildman–Crippen MR) is 323 cm³/mol. The molecule has 2 aromatic carbocycles. The summed E-state index contributed by atoms with van der Waals surface area (Å²) in [5.41, 5.74) is 17.4. The van der Waals surface area contributed by atoms with Crippen LogP contribution in [0.4, 0.5) is 11.6 Å². The summed E-state index contributed by atoms with van der Waals surface area (Å²) in [4.78, 5) is 27.7. The van der Waals surface area contributed by atoms with Crippen molar-refractivity contribution in [3.8, 4) is 34.5 Å². The van der Waals surface area contributed by atoms with E-state index < -0.39 is 0 Å². The normalized spacial score (nSPS) is 12.8. The van der Waals surface area contributed by atoms with Gasteiger partial charge in [-0.1, -0.05) is 110 Å². The first-order chi connectivity index (χ1) is 39.0. The molecule has 80 heavy (non-hydrogen) atoms. The summed E-state index contributed by atoms with van der Waals surface area (Å²) in [6.45, 7) is 9.51. The third-order valence-electron chi connectivity index (χ3n) is 15.6. The Morgan fingerprint density at radius 2 is 0.850 bits per heavy atom. The third kappa shape index (κ3) is 18.7. The highest BCUT2D eigenvalue weighted by Gasteiger charge is 2.21. The summed E-state index contributed by atoms with van der Waals surface area (Å²) in [7, 11) is 9.74. The van der Waals surface area contributed by atoms with Crippen LogP contribution in [0.2, 0.25) is 0 Å². The number of benzene rings is 2. The molecule has 0 amide bonds. The lowest BCUT2D eigenvalue weighted by atomic mass is 9.99. The molecule has 0 aliphatic heterocycles. The Bertz CT molecular complexity index is 2700. The first-order valence-electron chi connectivity index (χ1n) is 30.0. The van der Waals surface area contributed by atoms with Gasteiger partial charge in [-0.15, -0.1) is 0 Å². The van der Waals surface area contributed by atoms with E-state index in [9.17, 15) is 0 Å². The number of ether oxygens (including phenoxy) is 6. The lowest BCUT2D eigenvalue weighted by Crippen LogP contribution is -2.37. The highest BCUT2D eigenvalue weighted by molar-refractivity contribution is 5.82. The Balaban J connectivity index is 0.985. The predicted octanol–water partition coefficient (Wildman–Crippen LogP) is 12.4. The molecular weight excluding hydrogens is 1010 g/mol. The molecule has 0 aliphatic rings. The quantitative estimate of drug-likeness (QED) is 0.0262. The second kappa shape index (κ2) is 34.2. The smallest absolute Gasteiger partial charge is 0.203 e. The lowest BCUT2D eigenvalue weighted by Gasteiger charge is -2.24. The van der Waals surface area contributed by atoms with Crippen LogP contribution in [-0.2, 0) is 25.9 Å². The molecule has 0 fully saturated rings. The van der Waals surface area contributed by atoms with Crippen LogP contribution in [0, 0.1) is 0 Å². The third-order valence-corrected chi connectivity index (χ3v) is 15.6. The van der Waals surface area contributed by atoms with Crippen LogP contribution in [0.5, 0.6) is 34.5 Å². The van der Waals surface area contributed by atoms with Crippen LogP contribution in [0.1, 0.15) is 191 Å². The van der Waals surface area contributed by atoms with Crippen molar-refractivity contribution in [1.29, 1.82) is 0 Å². The molecule has 3 atom stereocenters. The van der Waals surface area contributed by atoms with E-state index in [0.717, 1.165) is 105 Å². The SMILES string of the molecule is CCCCCCCCCCCCCCCCC(CCCNC(C)CCCCn1c(Cc2cc(OC)c(OC)c(OC)c2)nc2c(N)ncnc21)NC(C)CCCCn1c(Cc2cc(OC)c(OC)c(OC)c2)nc2c(N)ncnc21. The summed E-state index contributed by atoms with van der Waals surface area (Å²) in [5, 5.41) is 7.97. The summed E-state index contributed by atoms with van der Waals surface area (Å²) >= 11 is 0. The Hall–Kier alpha value is -6.14. The fourth-order valence-electron chi connectivity index (χ4n) is 11.2. The molecular formula is C62H98N12O6. The van der Waals surface area contributed by atoms with Gasteiger partial charge in [-0.3, -0.25) is 0 Å². The van der Waals surface area contributed by atoms with E-state index in [1.807, 2.05) is 24.3 Å². The minimum atomic E-state index is 0.378. The summed E-state index contributed by atoms with van der Waals surface area (Å²) in [6.07, 6.45) is 33.1. The second-order valence-corrected chi connectivity index (χ2v) is 21.8. The van der Waals surface area contributed by atoms with Crippen LogP contribution in [0.25, 0.3) is 22.3 Å². The molecule has 0 aliphatic carbocycles. The van der Waals surface area contributed by atoms with E-state index in [2.05, 4.69) is 60.5 Å². The highest BCUT2D eigenvalue weighted by atomic mass is 16.5. The molecule has 6 aromatic rings. The largest absolute Gasteiger partial charge is 0.493 e. The Morgan fingerprint density at radius 3 is 1.26 bits per heavy atom. The number of methoxy groups -OCH3 is 6. The first-order valence-corrected chi connectivity index (χ1v) is 30.0. The van der Waals surface area contributed by atoms with E-state index in [1.54, 1.807) is 42.7 Å². The number of nitrogens with one attached hydrogen (secondary N) is 2. The van der Waals surface area contributed by atoms with Crippen molar-refractivity contribution in [2.75, 3.05) is 60.7 Å². The number of rotatable bonds is 42. The Kier molecular flexibility index (Phi) is 27.0. The zero-order chi connectivity index (χ0) is 57.1. The van der Waals surface area contributed by atoms with Crippen LogP contribution in [-0.4, -0.2) is 106 Å². The molecule has 0 saturated carbocycles. The Labute approximate surface area is 477 Å². The van der Waals surface area contributed by atoms with Gasteiger partial charge in [0.05, 0.1) is 42.7 Å². The lowest BCUT2D eigenvalue weighted by molar-refractivity contribution is 0.324. The van der Waals surface area contributed by atoms with Gasteiger partial charge in [-0.25, -0.2) is 29.9 Å². The zero-order valence-corrected chi connectivity index (χ0v) is 50.2. The fraction of sp³-hybridized carbons (Fsp3) is 0.645. The number of nitrogens with two attached hydrogens (primary N) is 2. The summed E-state index contributed by atoms with van der Waals surface area (Å²) in [6, 6.07) is 9.15. The van der Waals surface area contributed by atoms with E-state index in [-0.39, 0.29) is 0 Å². The van der Waals surface area contributed by atoms with Crippen LogP contribution < -0.4 is 50.5 Å². The maximum atomic E-state index is 6.35. The highest BCUT2D eigenvalue weighted by Crippen LogP contribution is 2.40. The van der Waals surface area contributed by atoms with Crippen molar-refractivity contribution in [2.24, 2.45) is 0 Å². The van der Waals surface area contributed by atoms with Gasteiger partial charge in [-0.2, -0.15) is 0 Å². The number of nitrogen functional groups attached to an aromatic ring is 2. The number of aryl methyl sites for hydroxylation is 2. The fourth-order valence-corrected chi connectivity index (χ4v) is 11.2. The number of imidazole rings is 2. The van der Waals surface area contributed by atoms with E-state index >= 15 is 0 Å². The van der Waals surface area contributed by atoms with Crippen molar-refractivity contribution < 1.29 is 28.4 Å². The summed E-state index contributed by atoms with van der Waals surface area (Å²) < 4.78 is 38.2. The molecule has 442 valence electrons. The molecule has 0 radical (unpaired) electrons. The molecule has 0 spiro atoms. The van der Waals surface area contributed by atoms with Crippen LogP contribution in [0.3, 0.4) is 0 Å². The standard InChI is InChI=1S/C62H98N12O6/c1-10-11-12-13-14-15-16-17-18-19-20-21-22-23-31-48(70-45(3)30-25-27-35-74-54(72-56-60(64)67-43-69-62(56)74)41-47-38-51(77-6)58(80-9)52(39-47)78-7)32-28-33-65-44(2)29-24-26-34-73-53(71-55-59(63)66-42-68-61(55)73)40-46-36-49(75-4)57(79-8)50(37-46)76-5/h36-39,42-45,48,65,70H,10-35,40-41H2,1-9H3,(H2,63,66,68)(H2,64,67,69). The zero-order valence-electron chi connectivity index (χ0n) is 50.2. The van der Waals surface area contributed by atoms with E-state index in [0.29, 0.717) is 88.1 Å². The topological polar surface area (TPSA) is 219 Å². The average molecular weight is 1110 g/mol. The molecule has 4 aromatic heterocycles. The number of unbranched alkanes of at least 4 members (excludes halogenated alkanes) is 15. The monoisotopic (exact) mass is 1110 g/mol. The minimum absolute atomic E-state index is 0.378. The molecule has 0 bridgehead atoms. The van der Waals surface area contributed by atoms with Gasteiger partial charge >= 0.3 is 0 Å². The van der Waals surface area contributed by atoms with E-state index in [4.69, 9.17) is 49.9 Å².